The van der Waals surface area contributed by atoms with Crippen molar-refractivity contribution in [1.82, 2.24) is 9.97 Å². The smallest absolute Gasteiger partial charge is 0.0703 e. The van der Waals surface area contributed by atoms with Crippen molar-refractivity contribution in [3.8, 4) is 44.6 Å². The minimum atomic E-state index is 0.941. The largest absolute Gasteiger partial charge is 0.265 e. The van der Waals surface area contributed by atoms with Gasteiger partial charge in [-0.1, -0.05) is 127 Å². The van der Waals surface area contributed by atoms with Crippen molar-refractivity contribution < 1.29 is 0 Å². The number of hydrogen-bond donors (Lipinski definition) is 0. The van der Waals surface area contributed by atoms with Gasteiger partial charge in [0.05, 0.1) is 5.69 Å². The zero-order chi connectivity index (χ0) is 31.3. The number of pyridine rings is 2. The molecule has 47 heavy (non-hydrogen) atoms. The molecule has 0 radical (unpaired) electrons. The van der Waals surface area contributed by atoms with E-state index in [1.807, 2.05) is 18.3 Å². The van der Waals surface area contributed by atoms with E-state index in [9.17, 15) is 0 Å². The van der Waals surface area contributed by atoms with Crippen molar-refractivity contribution in [2.24, 2.45) is 0 Å². The molecule has 0 aliphatic rings. The minimum absolute atomic E-state index is 0.941. The van der Waals surface area contributed by atoms with Crippen molar-refractivity contribution in [3.05, 3.63) is 170 Å². The first-order valence-corrected chi connectivity index (χ1v) is 16.1. The Morgan fingerprint density at radius 1 is 0.404 bits per heavy atom. The van der Waals surface area contributed by atoms with E-state index < -0.39 is 0 Å². The fourth-order valence-corrected chi connectivity index (χ4v) is 7.27. The van der Waals surface area contributed by atoms with E-state index in [1.165, 1.54) is 76.5 Å². The summed E-state index contributed by atoms with van der Waals surface area (Å²) in [5.41, 5.74) is 10.6. The lowest BCUT2D eigenvalue weighted by molar-refractivity contribution is 1.29. The van der Waals surface area contributed by atoms with Gasteiger partial charge in [0.25, 0.3) is 0 Å². The third-order valence-electron chi connectivity index (χ3n) is 9.46. The van der Waals surface area contributed by atoms with Gasteiger partial charge in [0.2, 0.25) is 0 Å². The van der Waals surface area contributed by atoms with Crippen LogP contribution >= 0.6 is 0 Å². The second-order valence-corrected chi connectivity index (χ2v) is 12.3. The van der Waals surface area contributed by atoms with E-state index >= 15 is 0 Å². The summed E-state index contributed by atoms with van der Waals surface area (Å²) in [4.78, 5) is 8.98. The van der Waals surface area contributed by atoms with E-state index in [-0.39, 0.29) is 0 Å². The normalized spacial score (nSPS) is 11.5. The molecule has 0 saturated heterocycles. The van der Waals surface area contributed by atoms with Gasteiger partial charge in [0.15, 0.2) is 0 Å². The summed E-state index contributed by atoms with van der Waals surface area (Å²) in [6, 6.07) is 53.0. The van der Waals surface area contributed by atoms with E-state index in [2.05, 4.69) is 145 Å². The molecule has 0 saturated carbocycles. The van der Waals surface area contributed by atoms with E-state index in [0.717, 1.165) is 16.8 Å². The molecule has 0 aliphatic heterocycles. The standard InChI is InChI=1S/C45H30N2/c1-29-14-15-32-27-33(17-16-31(32)26-29)44-38-10-4-6-12-40(38)45(41-13-7-5-11-39(41)44)42-20-19-35(36-8-2-3-9-37(36)42)34-18-21-43(47-28-34)30-22-24-46-25-23-30/h2-28H,1H3. The predicted molar refractivity (Wildman–Crippen MR) is 199 cm³/mol. The topological polar surface area (TPSA) is 25.8 Å². The first-order valence-electron chi connectivity index (χ1n) is 16.1. The summed E-state index contributed by atoms with van der Waals surface area (Å²) in [6.07, 6.45) is 5.60. The highest BCUT2D eigenvalue weighted by Gasteiger charge is 2.19. The molecule has 7 aromatic carbocycles. The maximum atomic E-state index is 4.83. The van der Waals surface area contributed by atoms with Gasteiger partial charge in [0.1, 0.15) is 0 Å². The fraction of sp³-hybridized carbons (Fsp3) is 0.0222. The molecule has 0 amide bonds. The Balaban J connectivity index is 1.27. The number of rotatable bonds is 4. The minimum Gasteiger partial charge on any atom is -0.265 e. The Bertz CT molecular complexity index is 2560. The van der Waals surface area contributed by atoms with Crippen LogP contribution in [0.3, 0.4) is 0 Å². The zero-order valence-electron chi connectivity index (χ0n) is 26.0. The average molecular weight is 599 g/mol. The molecular weight excluding hydrogens is 569 g/mol. The number of aromatic nitrogens is 2. The predicted octanol–water partition coefficient (Wildman–Crippen LogP) is 12.1. The van der Waals surface area contributed by atoms with Crippen LogP contribution < -0.4 is 0 Å². The molecule has 0 N–H and O–H groups in total. The van der Waals surface area contributed by atoms with Crippen LogP contribution in [0.1, 0.15) is 5.56 Å². The van der Waals surface area contributed by atoms with Gasteiger partial charge >= 0.3 is 0 Å². The Hall–Kier alpha value is -6.12. The van der Waals surface area contributed by atoms with Crippen molar-refractivity contribution in [2.75, 3.05) is 0 Å². The molecule has 9 rings (SSSR count). The van der Waals surface area contributed by atoms with Crippen LogP contribution in [-0.2, 0) is 0 Å². The van der Waals surface area contributed by atoms with Crippen molar-refractivity contribution >= 4 is 43.1 Å². The van der Waals surface area contributed by atoms with Gasteiger partial charge in [-0.25, -0.2) is 0 Å². The van der Waals surface area contributed by atoms with Crippen LogP contribution in [0.2, 0.25) is 0 Å². The number of nitrogens with zero attached hydrogens (tertiary/aromatic N) is 2. The first-order chi connectivity index (χ1) is 23.2. The average Bonchev–Trinajstić information content (AvgIpc) is 3.14. The van der Waals surface area contributed by atoms with Crippen molar-refractivity contribution in [1.29, 1.82) is 0 Å². The fourth-order valence-electron chi connectivity index (χ4n) is 7.27. The molecule has 2 nitrogen and oxygen atoms in total. The summed E-state index contributed by atoms with van der Waals surface area (Å²) in [6.45, 7) is 2.15. The van der Waals surface area contributed by atoms with Crippen molar-refractivity contribution in [2.45, 2.75) is 6.92 Å². The van der Waals surface area contributed by atoms with Crippen molar-refractivity contribution in [3.63, 3.8) is 0 Å². The van der Waals surface area contributed by atoms with Gasteiger partial charge in [-0.15, -0.1) is 0 Å². The van der Waals surface area contributed by atoms with Crippen LogP contribution in [0.15, 0.2) is 164 Å². The SMILES string of the molecule is Cc1ccc2cc(-c3c4ccccc4c(-c4ccc(-c5ccc(-c6ccncc6)nc5)c5ccccc45)c4ccccc34)ccc2c1. The molecule has 0 atom stereocenters. The highest BCUT2D eigenvalue weighted by Crippen LogP contribution is 2.46. The summed E-state index contributed by atoms with van der Waals surface area (Å²) in [5, 5.41) is 10.0. The maximum absolute atomic E-state index is 4.83. The second kappa shape index (κ2) is 11.0. The van der Waals surface area contributed by atoms with E-state index in [0.29, 0.717) is 0 Å². The molecule has 2 heterocycles. The van der Waals surface area contributed by atoms with E-state index in [1.54, 1.807) is 12.4 Å². The third kappa shape index (κ3) is 4.57. The Labute approximate surface area is 273 Å². The Morgan fingerprint density at radius 3 is 1.62 bits per heavy atom. The highest BCUT2D eigenvalue weighted by atomic mass is 14.7. The van der Waals surface area contributed by atoms with Gasteiger partial charge in [-0.05, 0) is 102 Å². The maximum Gasteiger partial charge on any atom is 0.0703 e. The van der Waals surface area contributed by atoms with E-state index in [4.69, 9.17) is 4.98 Å². The molecular formula is C45H30N2. The Kier molecular flexibility index (Phi) is 6.39. The zero-order valence-corrected chi connectivity index (χ0v) is 26.0. The van der Waals surface area contributed by atoms with Gasteiger partial charge in [-0.2, -0.15) is 0 Å². The van der Waals surface area contributed by atoms with Gasteiger partial charge < -0.3 is 0 Å². The van der Waals surface area contributed by atoms with Gasteiger partial charge in [0, 0.05) is 29.7 Å². The molecule has 9 aromatic rings. The molecule has 0 spiro atoms. The molecule has 2 aromatic heterocycles. The molecule has 220 valence electrons. The summed E-state index contributed by atoms with van der Waals surface area (Å²) >= 11 is 0. The summed E-state index contributed by atoms with van der Waals surface area (Å²) in [5.74, 6) is 0. The highest BCUT2D eigenvalue weighted by molar-refractivity contribution is 6.24. The van der Waals surface area contributed by atoms with Crippen LogP contribution in [0.5, 0.6) is 0 Å². The second-order valence-electron chi connectivity index (χ2n) is 12.3. The third-order valence-corrected chi connectivity index (χ3v) is 9.46. The lowest BCUT2D eigenvalue weighted by Crippen LogP contribution is -1.93. The number of benzene rings is 7. The molecule has 0 fully saturated rings. The number of aryl methyl sites for hydroxylation is 1. The van der Waals surface area contributed by atoms with Crippen LogP contribution in [0.4, 0.5) is 0 Å². The molecule has 0 bridgehead atoms. The molecule has 0 unspecified atom stereocenters. The molecule has 0 aliphatic carbocycles. The Morgan fingerprint density at radius 2 is 0.957 bits per heavy atom. The summed E-state index contributed by atoms with van der Waals surface area (Å²) < 4.78 is 0. The molecule has 2 heteroatoms. The summed E-state index contributed by atoms with van der Waals surface area (Å²) in [7, 11) is 0. The van der Waals surface area contributed by atoms with Gasteiger partial charge in [-0.3, -0.25) is 9.97 Å². The quantitative estimate of drug-likeness (QED) is 0.188. The van der Waals surface area contributed by atoms with Crippen LogP contribution in [0.25, 0.3) is 87.7 Å². The number of fused-ring (bicyclic) bond motifs is 4. The lowest BCUT2D eigenvalue weighted by atomic mass is 9.83. The first kappa shape index (κ1) is 27.2. The van der Waals surface area contributed by atoms with Crippen LogP contribution in [0, 0.1) is 6.92 Å². The monoisotopic (exact) mass is 598 g/mol. The number of hydrogen-bond acceptors (Lipinski definition) is 2. The van der Waals surface area contributed by atoms with Crippen LogP contribution in [-0.4, -0.2) is 9.97 Å². The lowest BCUT2D eigenvalue weighted by Gasteiger charge is -2.20.